The Morgan fingerprint density at radius 2 is 1.44 bits per heavy atom. The summed E-state index contributed by atoms with van der Waals surface area (Å²) in [7, 11) is 0. The molecule has 0 aliphatic carbocycles. The molecule has 174 valence electrons. The van der Waals surface area contributed by atoms with Crippen molar-refractivity contribution in [3.63, 3.8) is 0 Å². The van der Waals surface area contributed by atoms with E-state index in [2.05, 4.69) is 12.1 Å². The van der Waals surface area contributed by atoms with Gasteiger partial charge in [-0.1, -0.05) is 60.1 Å². The second kappa shape index (κ2) is 11.1. The van der Waals surface area contributed by atoms with E-state index in [-0.39, 0.29) is 29.4 Å². The van der Waals surface area contributed by atoms with Crippen LogP contribution in [-0.2, 0) is 16.0 Å². The molecule has 1 fully saturated rings. The van der Waals surface area contributed by atoms with Crippen molar-refractivity contribution in [1.29, 1.82) is 0 Å². The average Bonchev–Trinajstić information content (AvgIpc) is 2.88. The molecule has 5 nitrogen and oxygen atoms in total. The Hall–Kier alpha value is -3.44. The standard InChI is InChI=1S/C28H26ClNO4/c29-23-12-10-22(11-13-23)27(32)24-8-4-5-9-25(24)28(33)34-19-26(31)30-16-14-21(15-17-30)18-20-6-2-1-3-7-20/h1-13,21H,14-19H2. The second-order valence-corrected chi connectivity index (χ2v) is 8.91. The summed E-state index contributed by atoms with van der Waals surface area (Å²) in [6.07, 6.45) is 2.86. The molecule has 3 aromatic rings. The Bertz CT molecular complexity index is 1150. The molecule has 0 bridgehead atoms. The quantitative estimate of drug-likeness (QED) is 0.347. The predicted octanol–water partition coefficient (Wildman–Crippen LogP) is 5.21. The number of ether oxygens (including phenoxy) is 1. The lowest BCUT2D eigenvalue weighted by Crippen LogP contribution is -2.41. The number of carbonyl (C=O) groups is 3. The molecule has 0 saturated carbocycles. The fraction of sp³-hybridized carbons (Fsp3) is 0.250. The van der Waals surface area contributed by atoms with E-state index in [4.69, 9.17) is 16.3 Å². The van der Waals surface area contributed by atoms with E-state index in [1.54, 1.807) is 47.4 Å². The molecule has 0 unspecified atom stereocenters. The molecule has 1 aliphatic heterocycles. The van der Waals surface area contributed by atoms with Gasteiger partial charge in [-0.15, -0.1) is 0 Å². The van der Waals surface area contributed by atoms with Gasteiger partial charge in [0.05, 0.1) is 5.56 Å². The zero-order chi connectivity index (χ0) is 23.9. The lowest BCUT2D eigenvalue weighted by atomic mass is 9.90. The molecule has 1 amide bonds. The number of hydrogen-bond donors (Lipinski definition) is 0. The molecule has 0 radical (unpaired) electrons. The maximum atomic E-state index is 12.9. The zero-order valence-electron chi connectivity index (χ0n) is 18.8. The fourth-order valence-electron chi connectivity index (χ4n) is 4.25. The molecule has 1 aliphatic rings. The summed E-state index contributed by atoms with van der Waals surface area (Å²) in [6, 6.07) is 23.3. The van der Waals surface area contributed by atoms with E-state index >= 15 is 0 Å². The first-order chi connectivity index (χ1) is 16.5. The fourth-order valence-corrected chi connectivity index (χ4v) is 4.37. The third-order valence-corrected chi connectivity index (χ3v) is 6.41. The van der Waals surface area contributed by atoms with Crippen LogP contribution >= 0.6 is 11.6 Å². The highest BCUT2D eigenvalue weighted by Crippen LogP contribution is 2.22. The summed E-state index contributed by atoms with van der Waals surface area (Å²) in [5.74, 6) is -0.672. The van der Waals surface area contributed by atoms with Crippen molar-refractivity contribution < 1.29 is 19.1 Å². The molecule has 1 heterocycles. The third-order valence-electron chi connectivity index (χ3n) is 6.16. The summed E-state index contributed by atoms with van der Waals surface area (Å²) < 4.78 is 5.31. The Morgan fingerprint density at radius 3 is 2.12 bits per heavy atom. The summed E-state index contributed by atoms with van der Waals surface area (Å²) in [5.41, 5.74) is 2.09. The number of piperidine rings is 1. The molecule has 3 aromatic carbocycles. The Morgan fingerprint density at radius 1 is 0.824 bits per heavy atom. The van der Waals surface area contributed by atoms with Gasteiger partial charge < -0.3 is 9.64 Å². The average molecular weight is 476 g/mol. The van der Waals surface area contributed by atoms with Gasteiger partial charge in [0.1, 0.15) is 0 Å². The molecule has 1 saturated heterocycles. The van der Waals surface area contributed by atoms with Crippen LogP contribution in [0.5, 0.6) is 0 Å². The van der Waals surface area contributed by atoms with Gasteiger partial charge in [-0.3, -0.25) is 9.59 Å². The van der Waals surface area contributed by atoms with Crippen LogP contribution in [0.25, 0.3) is 0 Å². The van der Waals surface area contributed by atoms with Crippen LogP contribution in [-0.4, -0.2) is 42.3 Å². The summed E-state index contributed by atoms with van der Waals surface area (Å²) in [4.78, 5) is 40.0. The van der Waals surface area contributed by atoms with Crippen LogP contribution in [0.15, 0.2) is 78.9 Å². The number of benzene rings is 3. The van der Waals surface area contributed by atoms with Gasteiger partial charge in [-0.05, 0) is 61.1 Å². The lowest BCUT2D eigenvalue weighted by Gasteiger charge is -2.32. The third kappa shape index (κ3) is 5.91. The monoisotopic (exact) mass is 475 g/mol. The largest absolute Gasteiger partial charge is 0.452 e. The molecule has 0 N–H and O–H groups in total. The van der Waals surface area contributed by atoms with Gasteiger partial charge in [-0.25, -0.2) is 4.79 Å². The Balaban J connectivity index is 1.31. The van der Waals surface area contributed by atoms with Crippen LogP contribution in [0.3, 0.4) is 0 Å². The van der Waals surface area contributed by atoms with Crippen molar-refractivity contribution in [3.05, 3.63) is 106 Å². The van der Waals surface area contributed by atoms with Gasteiger partial charge in [0.15, 0.2) is 12.4 Å². The number of carbonyl (C=O) groups excluding carboxylic acids is 3. The van der Waals surface area contributed by atoms with E-state index in [9.17, 15) is 14.4 Å². The molecule has 0 spiro atoms. The van der Waals surface area contributed by atoms with Crippen LogP contribution in [0.4, 0.5) is 0 Å². The minimum Gasteiger partial charge on any atom is -0.452 e. The van der Waals surface area contributed by atoms with Gasteiger partial charge in [0.25, 0.3) is 5.91 Å². The van der Waals surface area contributed by atoms with E-state index in [1.807, 2.05) is 18.2 Å². The van der Waals surface area contributed by atoms with Crippen LogP contribution in [0, 0.1) is 5.92 Å². The normalized spacial score (nSPS) is 14.0. The minimum absolute atomic E-state index is 0.136. The number of halogens is 1. The molecule has 6 heteroatoms. The molecular formula is C28H26ClNO4. The summed E-state index contributed by atoms with van der Waals surface area (Å²) in [6.45, 7) is 0.963. The number of nitrogens with zero attached hydrogens (tertiary/aromatic N) is 1. The Labute approximate surface area is 204 Å². The molecular weight excluding hydrogens is 450 g/mol. The number of esters is 1. The van der Waals surface area contributed by atoms with Crippen molar-refractivity contribution in [2.45, 2.75) is 19.3 Å². The van der Waals surface area contributed by atoms with E-state index in [0.29, 0.717) is 29.6 Å². The molecule has 0 atom stereocenters. The van der Waals surface area contributed by atoms with E-state index < -0.39 is 5.97 Å². The van der Waals surface area contributed by atoms with Crippen molar-refractivity contribution >= 4 is 29.3 Å². The van der Waals surface area contributed by atoms with Gasteiger partial charge in [-0.2, -0.15) is 0 Å². The van der Waals surface area contributed by atoms with Crippen molar-refractivity contribution in [2.75, 3.05) is 19.7 Å². The smallest absolute Gasteiger partial charge is 0.339 e. The molecule has 4 rings (SSSR count). The summed E-state index contributed by atoms with van der Waals surface area (Å²) >= 11 is 5.90. The van der Waals surface area contributed by atoms with Gasteiger partial charge in [0.2, 0.25) is 0 Å². The minimum atomic E-state index is -0.690. The maximum Gasteiger partial charge on any atom is 0.339 e. The topological polar surface area (TPSA) is 63.7 Å². The van der Waals surface area contributed by atoms with Crippen LogP contribution in [0.2, 0.25) is 5.02 Å². The first kappa shape index (κ1) is 23.7. The van der Waals surface area contributed by atoms with Crippen molar-refractivity contribution in [2.24, 2.45) is 5.92 Å². The summed E-state index contributed by atoms with van der Waals surface area (Å²) in [5, 5.41) is 0.520. The van der Waals surface area contributed by atoms with Crippen molar-refractivity contribution in [3.8, 4) is 0 Å². The maximum absolute atomic E-state index is 12.9. The zero-order valence-corrected chi connectivity index (χ0v) is 19.5. The number of rotatable bonds is 7. The SMILES string of the molecule is O=C(OCC(=O)N1CCC(Cc2ccccc2)CC1)c1ccccc1C(=O)c1ccc(Cl)cc1. The molecule has 34 heavy (non-hydrogen) atoms. The Kier molecular flexibility index (Phi) is 7.76. The first-order valence-corrected chi connectivity index (χ1v) is 11.8. The highest BCUT2D eigenvalue weighted by atomic mass is 35.5. The van der Waals surface area contributed by atoms with Gasteiger partial charge in [0, 0.05) is 29.2 Å². The van der Waals surface area contributed by atoms with E-state index in [0.717, 1.165) is 19.3 Å². The number of amides is 1. The number of ketones is 1. The second-order valence-electron chi connectivity index (χ2n) is 8.47. The number of likely N-dealkylation sites (tertiary alicyclic amines) is 1. The van der Waals surface area contributed by atoms with Crippen molar-refractivity contribution in [1.82, 2.24) is 4.90 Å². The lowest BCUT2D eigenvalue weighted by molar-refractivity contribution is -0.135. The van der Waals surface area contributed by atoms with E-state index in [1.165, 1.54) is 11.6 Å². The highest BCUT2D eigenvalue weighted by Gasteiger charge is 2.25. The number of hydrogen-bond acceptors (Lipinski definition) is 4. The van der Waals surface area contributed by atoms with Crippen LogP contribution < -0.4 is 0 Å². The highest BCUT2D eigenvalue weighted by molar-refractivity contribution is 6.30. The van der Waals surface area contributed by atoms with Crippen LogP contribution in [0.1, 0.15) is 44.7 Å². The van der Waals surface area contributed by atoms with Gasteiger partial charge >= 0.3 is 5.97 Å². The molecule has 0 aromatic heterocycles. The predicted molar refractivity (Wildman–Crippen MR) is 131 cm³/mol. The first-order valence-electron chi connectivity index (χ1n) is 11.4.